The van der Waals surface area contributed by atoms with E-state index in [1.54, 1.807) is 0 Å². The summed E-state index contributed by atoms with van der Waals surface area (Å²) in [5.74, 6) is -1.24. The summed E-state index contributed by atoms with van der Waals surface area (Å²) in [5, 5.41) is 8.03. The molecule has 2 aromatic rings. The Kier molecular flexibility index (Phi) is 9.77. The molecule has 32 heavy (non-hydrogen) atoms. The van der Waals surface area contributed by atoms with E-state index in [4.69, 9.17) is 10.5 Å². The molecule has 0 saturated heterocycles. The zero-order valence-corrected chi connectivity index (χ0v) is 18.3. The normalized spacial score (nSPS) is 12.0. The Labute approximate surface area is 188 Å². The van der Waals surface area contributed by atoms with E-state index in [2.05, 4.69) is 16.0 Å². The summed E-state index contributed by atoms with van der Waals surface area (Å²) in [6.45, 7) is 4.37. The first-order valence-corrected chi connectivity index (χ1v) is 10.4. The molecule has 3 amide bonds. The van der Waals surface area contributed by atoms with Crippen molar-refractivity contribution in [1.29, 1.82) is 0 Å². The maximum absolute atomic E-state index is 12.8. The summed E-state index contributed by atoms with van der Waals surface area (Å²) in [4.78, 5) is 36.8. The Morgan fingerprint density at radius 2 is 1.56 bits per heavy atom. The van der Waals surface area contributed by atoms with E-state index in [1.807, 2.05) is 74.5 Å². The molecule has 8 heteroatoms. The Morgan fingerprint density at radius 1 is 0.969 bits per heavy atom. The van der Waals surface area contributed by atoms with Gasteiger partial charge in [0.1, 0.15) is 18.3 Å². The standard InChI is InChI=1S/C24H30N4O4/c1-17(2)13-20(28-24(31)32-16-19-11-7-4-8-12-19)23(30)27-21(22(25)29)15-26-14-18-9-5-3-6-10-18/h3-12,15,17,20,26H,13-14,16H2,1-2H3,(H2,25,29)(H,27,30)(H,28,31)/b21-15+/t20-/m0/s1. The van der Waals surface area contributed by atoms with Crippen molar-refractivity contribution in [2.24, 2.45) is 11.7 Å². The first-order valence-electron chi connectivity index (χ1n) is 10.4. The topological polar surface area (TPSA) is 123 Å². The van der Waals surface area contributed by atoms with Gasteiger partial charge in [-0.25, -0.2) is 4.79 Å². The number of hydrogen-bond acceptors (Lipinski definition) is 5. The van der Waals surface area contributed by atoms with Gasteiger partial charge in [0.2, 0.25) is 5.91 Å². The summed E-state index contributed by atoms with van der Waals surface area (Å²) in [7, 11) is 0. The first-order chi connectivity index (χ1) is 15.3. The molecule has 0 spiro atoms. The van der Waals surface area contributed by atoms with E-state index in [-0.39, 0.29) is 18.2 Å². The van der Waals surface area contributed by atoms with Crippen molar-refractivity contribution in [3.63, 3.8) is 0 Å². The van der Waals surface area contributed by atoms with Gasteiger partial charge in [-0.1, -0.05) is 74.5 Å². The maximum atomic E-state index is 12.8. The summed E-state index contributed by atoms with van der Waals surface area (Å²) < 4.78 is 5.21. The molecule has 170 valence electrons. The monoisotopic (exact) mass is 438 g/mol. The smallest absolute Gasteiger partial charge is 0.408 e. The van der Waals surface area contributed by atoms with Crippen LogP contribution in [0.3, 0.4) is 0 Å². The van der Waals surface area contributed by atoms with Crippen LogP contribution in [0.2, 0.25) is 0 Å². The fourth-order valence-electron chi connectivity index (χ4n) is 2.87. The maximum Gasteiger partial charge on any atom is 0.408 e. The largest absolute Gasteiger partial charge is 0.445 e. The number of alkyl carbamates (subject to hydrolysis) is 1. The molecule has 0 heterocycles. The number of nitrogens with one attached hydrogen (secondary N) is 3. The number of amides is 3. The Morgan fingerprint density at radius 3 is 2.12 bits per heavy atom. The van der Waals surface area contributed by atoms with E-state index in [0.717, 1.165) is 11.1 Å². The fraction of sp³-hybridized carbons (Fsp3) is 0.292. The predicted molar refractivity (Wildman–Crippen MR) is 122 cm³/mol. The number of nitrogens with two attached hydrogens (primary N) is 1. The van der Waals surface area contributed by atoms with Gasteiger partial charge in [0.15, 0.2) is 0 Å². The minimum atomic E-state index is -0.893. The van der Waals surface area contributed by atoms with Crippen LogP contribution >= 0.6 is 0 Å². The molecule has 1 atom stereocenters. The molecule has 0 radical (unpaired) electrons. The lowest BCUT2D eigenvalue weighted by Crippen LogP contribution is -2.48. The molecule has 2 aromatic carbocycles. The lowest BCUT2D eigenvalue weighted by molar-refractivity contribution is -0.124. The van der Waals surface area contributed by atoms with Crippen LogP contribution in [0.4, 0.5) is 4.79 Å². The van der Waals surface area contributed by atoms with Crippen molar-refractivity contribution in [1.82, 2.24) is 16.0 Å². The van der Waals surface area contributed by atoms with E-state index in [9.17, 15) is 14.4 Å². The van der Waals surface area contributed by atoms with Crippen LogP contribution in [0.5, 0.6) is 0 Å². The molecule has 5 N–H and O–H groups in total. The highest BCUT2D eigenvalue weighted by Crippen LogP contribution is 2.07. The lowest BCUT2D eigenvalue weighted by Gasteiger charge is -2.20. The van der Waals surface area contributed by atoms with Crippen molar-refractivity contribution in [2.75, 3.05) is 0 Å². The van der Waals surface area contributed by atoms with Gasteiger partial charge in [0, 0.05) is 12.7 Å². The second-order valence-electron chi connectivity index (χ2n) is 7.67. The minimum absolute atomic E-state index is 0.0819. The second-order valence-corrected chi connectivity index (χ2v) is 7.67. The van der Waals surface area contributed by atoms with E-state index >= 15 is 0 Å². The zero-order chi connectivity index (χ0) is 23.3. The number of hydrogen-bond donors (Lipinski definition) is 4. The number of benzene rings is 2. The van der Waals surface area contributed by atoms with Crippen molar-refractivity contribution in [2.45, 2.75) is 39.5 Å². The predicted octanol–water partition coefficient (Wildman–Crippen LogP) is 2.56. The first kappa shape index (κ1) is 24.5. The SMILES string of the molecule is CC(C)C[C@H](NC(=O)OCc1ccccc1)C(=O)N/C(=C/NCc1ccccc1)C(N)=O. The molecule has 8 nitrogen and oxygen atoms in total. The molecule has 2 rings (SSSR count). The van der Waals surface area contributed by atoms with Crippen LogP contribution in [0.1, 0.15) is 31.4 Å². The molecule has 0 aliphatic heterocycles. The Balaban J connectivity index is 1.96. The number of ether oxygens (including phenoxy) is 1. The fourth-order valence-corrected chi connectivity index (χ4v) is 2.87. The van der Waals surface area contributed by atoms with Gasteiger partial charge in [0.05, 0.1) is 0 Å². The molecule has 0 aromatic heterocycles. The third-order valence-electron chi connectivity index (χ3n) is 4.45. The van der Waals surface area contributed by atoms with Gasteiger partial charge in [-0.3, -0.25) is 9.59 Å². The molecule has 0 aliphatic rings. The third-order valence-corrected chi connectivity index (χ3v) is 4.45. The van der Waals surface area contributed by atoms with Crippen molar-refractivity contribution in [3.05, 3.63) is 83.7 Å². The second kappa shape index (κ2) is 12.8. The van der Waals surface area contributed by atoms with Crippen LogP contribution in [-0.2, 0) is 27.5 Å². The number of rotatable bonds is 11. The minimum Gasteiger partial charge on any atom is -0.445 e. The van der Waals surface area contributed by atoms with Gasteiger partial charge >= 0.3 is 6.09 Å². The molecule has 0 aliphatic carbocycles. The van der Waals surface area contributed by atoms with Crippen molar-refractivity contribution >= 4 is 17.9 Å². The summed E-state index contributed by atoms with van der Waals surface area (Å²) in [6.07, 6.45) is 0.991. The number of primary amides is 1. The van der Waals surface area contributed by atoms with Gasteiger partial charge in [-0.05, 0) is 23.5 Å². The van der Waals surface area contributed by atoms with E-state index in [0.29, 0.717) is 13.0 Å². The van der Waals surface area contributed by atoms with E-state index in [1.165, 1.54) is 6.20 Å². The summed E-state index contributed by atoms with van der Waals surface area (Å²) in [6, 6.07) is 17.9. The zero-order valence-electron chi connectivity index (χ0n) is 18.3. The van der Waals surface area contributed by atoms with Crippen molar-refractivity contribution in [3.8, 4) is 0 Å². The van der Waals surface area contributed by atoms with Gasteiger partial charge in [0.25, 0.3) is 5.91 Å². The number of carbonyl (C=O) groups is 3. The van der Waals surface area contributed by atoms with Crippen molar-refractivity contribution < 1.29 is 19.1 Å². The molecular weight excluding hydrogens is 408 g/mol. The molecule has 0 unspecified atom stereocenters. The van der Waals surface area contributed by atoms with Crippen LogP contribution in [0, 0.1) is 5.92 Å². The Hall–Kier alpha value is -3.81. The van der Waals surface area contributed by atoms with Gasteiger partial charge < -0.3 is 26.4 Å². The highest BCUT2D eigenvalue weighted by Gasteiger charge is 2.24. The average molecular weight is 439 g/mol. The summed E-state index contributed by atoms with van der Waals surface area (Å²) in [5.41, 5.74) is 7.14. The lowest BCUT2D eigenvalue weighted by atomic mass is 10.0. The highest BCUT2D eigenvalue weighted by atomic mass is 16.5. The number of carbonyl (C=O) groups excluding carboxylic acids is 3. The molecular formula is C24H30N4O4. The molecule has 0 fully saturated rings. The molecule has 0 saturated carbocycles. The molecule has 0 bridgehead atoms. The third kappa shape index (κ3) is 8.91. The summed E-state index contributed by atoms with van der Waals surface area (Å²) >= 11 is 0. The van der Waals surface area contributed by atoms with Crippen LogP contribution in [0.15, 0.2) is 72.6 Å². The van der Waals surface area contributed by atoms with Crippen LogP contribution in [-0.4, -0.2) is 23.9 Å². The average Bonchev–Trinajstić information content (AvgIpc) is 2.77. The van der Waals surface area contributed by atoms with Crippen LogP contribution < -0.4 is 21.7 Å². The van der Waals surface area contributed by atoms with Gasteiger partial charge in [-0.15, -0.1) is 0 Å². The highest BCUT2D eigenvalue weighted by molar-refractivity contribution is 5.98. The Bertz CT molecular complexity index is 914. The van der Waals surface area contributed by atoms with E-state index < -0.39 is 23.9 Å². The van der Waals surface area contributed by atoms with Gasteiger partial charge in [-0.2, -0.15) is 0 Å². The quantitative estimate of drug-likeness (QED) is 0.402. The van der Waals surface area contributed by atoms with Crippen LogP contribution in [0.25, 0.3) is 0 Å².